The second kappa shape index (κ2) is 12.6. The third-order valence-electron chi connectivity index (χ3n) is 6.61. The molecule has 206 valence electrons. The highest BCUT2D eigenvalue weighted by Gasteiger charge is 2.26. The summed E-state index contributed by atoms with van der Waals surface area (Å²) in [5, 5.41) is 0.591. The van der Waals surface area contributed by atoms with Crippen LogP contribution in [0.2, 0.25) is 0 Å². The van der Waals surface area contributed by atoms with Gasteiger partial charge in [-0.1, -0.05) is 43.4 Å². The Morgan fingerprint density at radius 1 is 0.897 bits per heavy atom. The molecule has 4 aromatic rings. The molecule has 0 bridgehead atoms. The Balaban J connectivity index is 1.65. The van der Waals surface area contributed by atoms with E-state index in [1.807, 2.05) is 24.3 Å². The number of benzene rings is 3. The molecule has 0 radical (unpaired) electrons. The summed E-state index contributed by atoms with van der Waals surface area (Å²) in [7, 11) is -2.18. The Morgan fingerprint density at radius 2 is 1.59 bits per heavy atom. The third kappa shape index (κ3) is 6.24. The summed E-state index contributed by atoms with van der Waals surface area (Å²) < 4.78 is 34.4. The number of likely N-dealkylation sites (N-methyl/N-ethyl adjacent to an activating group) is 1. The Morgan fingerprint density at radius 3 is 2.21 bits per heavy atom. The van der Waals surface area contributed by atoms with Gasteiger partial charge in [0.25, 0.3) is 15.9 Å². The van der Waals surface area contributed by atoms with Gasteiger partial charge in [0.05, 0.1) is 27.9 Å². The molecule has 1 aromatic heterocycles. The molecule has 0 fully saturated rings. The number of fused-ring (bicyclic) bond motifs is 1. The van der Waals surface area contributed by atoms with Gasteiger partial charge in [0.1, 0.15) is 5.75 Å². The molecule has 39 heavy (non-hydrogen) atoms. The maximum absolute atomic E-state index is 13.8. The number of para-hydroxylation sites is 1. The number of aromatic nitrogens is 1. The topological polar surface area (TPSA) is 83.1 Å². The number of methoxy groups -OCH3 is 1. The summed E-state index contributed by atoms with van der Waals surface area (Å²) in [6.45, 7) is 9.15. The van der Waals surface area contributed by atoms with Gasteiger partial charge in [0.2, 0.25) is 0 Å². The number of carbonyl (C=O) groups excluding carboxylic acids is 1. The first kappa shape index (κ1) is 28.5. The quantitative estimate of drug-likeness (QED) is 0.225. The predicted molar refractivity (Wildman–Crippen MR) is 159 cm³/mol. The molecule has 3 aromatic carbocycles. The molecule has 8 nitrogen and oxygen atoms in total. The van der Waals surface area contributed by atoms with Crippen LogP contribution in [0.4, 0.5) is 10.8 Å². The number of anilines is 2. The molecule has 0 saturated carbocycles. The average molecular weight is 567 g/mol. The highest BCUT2D eigenvalue weighted by molar-refractivity contribution is 7.92. The number of amides is 1. The van der Waals surface area contributed by atoms with E-state index in [4.69, 9.17) is 9.72 Å². The zero-order valence-electron chi connectivity index (χ0n) is 22.7. The molecule has 0 aliphatic rings. The third-order valence-corrected chi connectivity index (χ3v) is 9.59. The second-order valence-corrected chi connectivity index (χ2v) is 11.7. The Hall–Kier alpha value is -3.47. The van der Waals surface area contributed by atoms with Crippen LogP contribution in [0, 0.1) is 0 Å². The van der Waals surface area contributed by atoms with Crippen LogP contribution in [0.3, 0.4) is 0 Å². The van der Waals surface area contributed by atoms with Crippen LogP contribution in [0.1, 0.15) is 31.1 Å². The molecular formula is C29H34N4O4S2. The van der Waals surface area contributed by atoms with Crippen molar-refractivity contribution in [3.05, 3.63) is 78.4 Å². The van der Waals surface area contributed by atoms with Crippen molar-refractivity contribution in [2.75, 3.05) is 49.0 Å². The number of rotatable bonds is 12. The van der Waals surface area contributed by atoms with E-state index in [2.05, 4.69) is 18.7 Å². The molecule has 0 atom stereocenters. The summed E-state index contributed by atoms with van der Waals surface area (Å²) >= 11 is 1.44. The lowest BCUT2D eigenvalue weighted by Gasteiger charge is -2.25. The van der Waals surface area contributed by atoms with E-state index in [-0.39, 0.29) is 17.3 Å². The van der Waals surface area contributed by atoms with Gasteiger partial charge >= 0.3 is 0 Å². The lowest BCUT2D eigenvalue weighted by atomic mass is 10.2. The van der Waals surface area contributed by atoms with Crippen LogP contribution in [-0.2, 0) is 10.0 Å². The van der Waals surface area contributed by atoms with Crippen molar-refractivity contribution in [1.82, 2.24) is 9.88 Å². The second-order valence-electron chi connectivity index (χ2n) is 8.84. The van der Waals surface area contributed by atoms with E-state index >= 15 is 0 Å². The molecule has 4 rings (SSSR count). The van der Waals surface area contributed by atoms with Crippen molar-refractivity contribution in [2.45, 2.75) is 25.7 Å². The number of hydrogen-bond acceptors (Lipinski definition) is 7. The minimum atomic E-state index is -3.79. The van der Waals surface area contributed by atoms with Crippen molar-refractivity contribution < 1.29 is 17.9 Å². The van der Waals surface area contributed by atoms with Crippen LogP contribution in [0.5, 0.6) is 5.75 Å². The highest BCUT2D eigenvalue weighted by atomic mass is 32.2. The van der Waals surface area contributed by atoms with Gasteiger partial charge < -0.3 is 9.64 Å². The molecular weight excluding hydrogens is 532 g/mol. The Bertz CT molecular complexity index is 1500. The smallest absolute Gasteiger partial charge is 0.264 e. The molecule has 0 aliphatic heterocycles. The molecule has 0 saturated heterocycles. The first-order chi connectivity index (χ1) is 18.8. The van der Waals surface area contributed by atoms with Crippen LogP contribution in [0.25, 0.3) is 10.2 Å². The SMILES string of the molecule is CCN(CC)CCN(C(=O)c1ccc(S(=O)(=O)N(CC)c2ccccc2)cc1)c1nc2cc(OC)ccc2s1. The van der Waals surface area contributed by atoms with Crippen LogP contribution < -0.4 is 13.9 Å². The Kier molecular flexibility index (Phi) is 9.21. The van der Waals surface area contributed by atoms with Crippen molar-refractivity contribution in [1.29, 1.82) is 0 Å². The molecule has 1 heterocycles. The molecule has 0 aliphatic carbocycles. The zero-order chi connectivity index (χ0) is 28.0. The number of ether oxygens (including phenoxy) is 1. The number of hydrogen-bond donors (Lipinski definition) is 0. The van der Waals surface area contributed by atoms with Crippen LogP contribution >= 0.6 is 11.3 Å². The van der Waals surface area contributed by atoms with E-state index in [1.165, 1.54) is 27.8 Å². The van der Waals surface area contributed by atoms with Gasteiger partial charge in [-0.25, -0.2) is 13.4 Å². The number of thiazole rings is 1. The largest absolute Gasteiger partial charge is 0.497 e. The summed E-state index contributed by atoms with van der Waals surface area (Å²) in [4.78, 5) is 22.6. The minimum Gasteiger partial charge on any atom is -0.497 e. The van der Waals surface area contributed by atoms with Gasteiger partial charge in [0, 0.05) is 31.3 Å². The average Bonchev–Trinajstić information content (AvgIpc) is 3.39. The van der Waals surface area contributed by atoms with Crippen molar-refractivity contribution in [3.63, 3.8) is 0 Å². The monoisotopic (exact) mass is 566 g/mol. The zero-order valence-corrected chi connectivity index (χ0v) is 24.3. The Labute approximate surface area is 234 Å². The fraction of sp³-hybridized carbons (Fsp3) is 0.310. The van der Waals surface area contributed by atoms with E-state index in [1.54, 1.807) is 55.3 Å². The van der Waals surface area contributed by atoms with Crippen molar-refractivity contribution >= 4 is 48.3 Å². The fourth-order valence-electron chi connectivity index (χ4n) is 4.34. The predicted octanol–water partition coefficient (Wildman–Crippen LogP) is 5.51. The number of nitrogens with zero attached hydrogens (tertiary/aromatic N) is 4. The fourth-order valence-corrected chi connectivity index (χ4v) is 6.78. The van der Waals surface area contributed by atoms with Gasteiger partial charge in [-0.2, -0.15) is 0 Å². The standard InChI is InChI=1S/C29H34N4O4S2/c1-5-31(6-2)19-20-32(29-30-26-21-24(37-4)15-18-27(26)38-29)28(34)22-13-16-25(17-14-22)39(35,36)33(7-3)23-11-9-8-10-12-23/h8-18,21H,5-7,19-20H2,1-4H3. The summed E-state index contributed by atoms with van der Waals surface area (Å²) in [5.74, 6) is 0.473. The molecule has 0 unspecified atom stereocenters. The highest BCUT2D eigenvalue weighted by Crippen LogP contribution is 2.32. The van der Waals surface area contributed by atoms with Crippen LogP contribution in [-0.4, -0.2) is 64.0 Å². The first-order valence-electron chi connectivity index (χ1n) is 13.0. The van der Waals surface area contributed by atoms with E-state index in [9.17, 15) is 13.2 Å². The lowest BCUT2D eigenvalue weighted by Crippen LogP contribution is -2.39. The summed E-state index contributed by atoms with van der Waals surface area (Å²) in [5.41, 5.74) is 1.75. The maximum Gasteiger partial charge on any atom is 0.264 e. The molecule has 10 heteroatoms. The normalized spacial score (nSPS) is 11.6. The summed E-state index contributed by atoms with van der Waals surface area (Å²) in [6, 6.07) is 20.8. The number of carbonyl (C=O) groups is 1. The van der Waals surface area contributed by atoms with Gasteiger partial charge in [0.15, 0.2) is 5.13 Å². The maximum atomic E-state index is 13.8. The molecule has 0 spiro atoms. The minimum absolute atomic E-state index is 0.131. The van der Waals surface area contributed by atoms with E-state index in [0.717, 1.165) is 23.3 Å². The lowest BCUT2D eigenvalue weighted by molar-refractivity contribution is 0.0983. The first-order valence-corrected chi connectivity index (χ1v) is 15.2. The summed E-state index contributed by atoms with van der Waals surface area (Å²) in [6.07, 6.45) is 0. The molecule has 1 amide bonds. The van der Waals surface area contributed by atoms with Gasteiger partial charge in [-0.3, -0.25) is 14.0 Å². The van der Waals surface area contributed by atoms with Gasteiger partial charge in [-0.15, -0.1) is 0 Å². The van der Waals surface area contributed by atoms with Crippen LogP contribution in [0.15, 0.2) is 77.7 Å². The van der Waals surface area contributed by atoms with Gasteiger partial charge in [-0.05, 0) is 68.5 Å². The van der Waals surface area contributed by atoms with Crippen molar-refractivity contribution in [2.24, 2.45) is 0 Å². The molecule has 0 N–H and O–H groups in total. The van der Waals surface area contributed by atoms with Crippen molar-refractivity contribution in [3.8, 4) is 5.75 Å². The number of sulfonamides is 1. The van der Waals surface area contributed by atoms with E-state index in [0.29, 0.717) is 35.2 Å². The van der Waals surface area contributed by atoms with E-state index < -0.39 is 10.0 Å².